The summed E-state index contributed by atoms with van der Waals surface area (Å²) in [5.74, 6) is 0. The van der Waals surface area contributed by atoms with Crippen LogP contribution in [0.25, 0.3) is 5.65 Å². The number of hydrogen-bond donors (Lipinski definition) is 1. The molecule has 1 N–H and O–H groups in total. The summed E-state index contributed by atoms with van der Waals surface area (Å²) in [6, 6.07) is 0. The van der Waals surface area contributed by atoms with Crippen molar-refractivity contribution in [3.05, 3.63) is 28.9 Å². The highest BCUT2D eigenvalue weighted by Crippen LogP contribution is 2.13. The van der Waals surface area contributed by atoms with Crippen molar-refractivity contribution in [3.8, 4) is 0 Å². The molecule has 1 atom stereocenters. The Bertz CT molecular complexity index is 551. The minimum Gasteiger partial charge on any atom is -0.377 e. The van der Waals surface area contributed by atoms with Gasteiger partial charge in [0.2, 0.25) is 0 Å². The number of nitrogens with one attached hydrogen (secondary N) is 1. The number of hydrogen-bond acceptors (Lipinski definition) is 4. The molecule has 0 amide bonds. The Balaban J connectivity index is 1.60. The zero-order valence-electron chi connectivity index (χ0n) is 10.7. The van der Waals surface area contributed by atoms with Gasteiger partial charge in [0.15, 0.2) is 5.65 Å². The summed E-state index contributed by atoms with van der Waals surface area (Å²) in [5, 5.41) is 3.45. The van der Waals surface area contributed by atoms with Gasteiger partial charge in [-0.15, -0.1) is 0 Å². The average molecular weight is 325 g/mol. The van der Waals surface area contributed by atoms with Crippen LogP contribution in [0.2, 0.25) is 0 Å². The summed E-state index contributed by atoms with van der Waals surface area (Å²) >= 11 is 3.38. The molecule has 3 rings (SSSR count). The van der Waals surface area contributed by atoms with Crippen molar-refractivity contribution < 1.29 is 4.74 Å². The van der Waals surface area contributed by atoms with Gasteiger partial charge in [0.1, 0.15) is 4.60 Å². The van der Waals surface area contributed by atoms with E-state index in [2.05, 4.69) is 31.2 Å². The first kappa shape index (κ1) is 13.0. The highest BCUT2D eigenvalue weighted by atomic mass is 79.9. The Kier molecular flexibility index (Phi) is 4.10. The highest BCUT2D eigenvalue weighted by Gasteiger charge is 2.13. The lowest BCUT2D eigenvalue weighted by atomic mass is 10.1. The lowest BCUT2D eigenvalue weighted by Gasteiger charge is -2.22. The third kappa shape index (κ3) is 3.13. The van der Waals surface area contributed by atoms with Crippen LogP contribution < -0.4 is 5.32 Å². The van der Waals surface area contributed by atoms with Crippen molar-refractivity contribution in [2.75, 3.05) is 13.2 Å². The number of imidazole rings is 1. The standard InChI is InChI=1S/C13H17BrN4O/c14-12-9-18-10(6-17-13(18)8-16-12)5-15-7-11-3-1-2-4-19-11/h6,8-9,11,15H,1-5,7H2. The van der Waals surface area contributed by atoms with E-state index in [4.69, 9.17) is 4.74 Å². The maximum atomic E-state index is 5.70. The summed E-state index contributed by atoms with van der Waals surface area (Å²) in [7, 11) is 0. The smallest absolute Gasteiger partial charge is 0.155 e. The molecule has 1 unspecified atom stereocenters. The van der Waals surface area contributed by atoms with Crippen molar-refractivity contribution in [2.24, 2.45) is 0 Å². The van der Waals surface area contributed by atoms with Crippen molar-refractivity contribution in [2.45, 2.75) is 31.9 Å². The summed E-state index contributed by atoms with van der Waals surface area (Å²) in [6.45, 7) is 2.59. The first-order valence-electron chi connectivity index (χ1n) is 6.63. The number of aromatic nitrogens is 3. The maximum Gasteiger partial charge on any atom is 0.155 e. The van der Waals surface area contributed by atoms with Gasteiger partial charge in [-0.25, -0.2) is 9.97 Å². The Morgan fingerprint density at radius 2 is 2.32 bits per heavy atom. The van der Waals surface area contributed by atoms with E-state index in [0.29, 0.717) is 6.10 Å². The van der Waals surface area contributed by atoms with Crippen LogP contribution in [0, 0.1) is 0 Å². The van der Waals surface area contributed by atoms with Gasteiger partial charge in [-0.2, -0.15) is 0 Å². The quantitative estimate of drug-likeness (QED) is 0.936. The van der Waals surface area contributed by atoms with Crippen LogP contribution in [0.5, 0.6) is 0 Å². The molecule has 0 aliphatic carbocycles. The van der Waals surface area contributed by atoms with Crippen LogP contribution in [0.15, 0.2) is 23.2 Å². The molecule has 102 valence electrons. The fourth-order valence-corrected chi connectivity index (χ4v) is 2.68. The van der Waals surface area contributed by atoms with Gasteiger partial charge in [0, 0.05) is 25.9 Å². The molecule has 1 aliphatic rings. The van der Waals surface area contributed by atoms with E-state index in [1.807, 2.05) is 16.8 Å². The first-order chi connectivity index (χ1) is 9.33. The summed E-state index contributed by atoms with van der Waals surface area (Å²) < 4.78 is 8.56. The maximum absolute atomic E-state index is 5.70. The van der Waals surface area contributed by atoms with Gasteiger partial charge in [-0.3, -0.25) is 4.40 Å². The molecule has 5 nitrogen and oxygen atoms in total. The molecule has 19 heavy (non-hydrogen) atoms. The fraction of sp³-hybridized carbons (Fsp3) is 0.538. The predicted octanol–water partition coefficient (Wildman–Crippen LogP) is 2.15. The van der Waals surface area contributed by atoms with Crippen LogP contribution in [-0.2, 0) is 11.3 Å². The normalized spacial score (nSPS) is 19.9. The van der Waals surface area contributed by atoms with Crippen molar-refractivity contribution in [1.82, 2.24) is 19.7 Å². The first-order valence-corrected chi connectivity index (χ1v) is 7.42. The molecule has 0 bridgehead atoms. The molecule has 1 saturated heterocycles. The number of fused-ring (bicyclic) bond motifs is 1. The molecule has 1 aliphatic heterocycles. The predicted molar refractivity (Wildman–Crippen MR) is 76.0 cm³/mol. The van der Waals surface area contributed by atoms with Gasteiger partial charge in [0.05, 0.1) is 24.2 Å². The Labute approximate surface area is 120 Å². The molecule has 1 fully saturated rings. The van der Waals surface area contributed by atoms with Crippen LogP contribution in [0.4, 0.5) is 0 Å². The molecular weight excluding hydrogens is 308 g/mol. The van der Waals surface area contributed by atoms with E-state index >= 15 is 0 Å². The van der Waals surface area contributed by atoms with Crippen LogP contribution in [-0.4, -0.2) is 33.6 Å². The highest BCUT2D eigenvalue weighted by molar-refractivity contribution is 9.10. The third-order valence-electron chi connectivity index (χ3n) is 3.39. The minimum atomic E-state index is 0.362. The molecular formula is C13H17BrN4O. The Morgan fingerprint density at radius 1 is 1.37 bits per heavy atom. The van der Waals surface area contributed by atoms with Crippen LogP contribution in [0.3, 0.4) is 0 Å². The second-order valence-corrected chi connectivity index (χ2v) is 5.62. The Hall–Kier alpha value is -0.980. The van der Waals surface area contributed by atoms with E-state index in [1.54, 1.807) is 6.20 Å². The zero-order valence-corrected chi connectivity index (χ0v) is 12.3. The molecule has 0 saturated carbocycles. The van der Waals surface area contributed by atoms with Crippen LogP contribution in [0.1, 0.15) is 25.0 Å². The van der Waals surface area contributed by atoms with E-state index in [-0.39, 0.29) is 0 Å². The lowest BCUT2D eigenvalue weighted by molar-refractivity contribution is 0.0167. The lowest BCUT2D eigenvalue weighted by Crippen LogP contribution is -2.31. The summed E-state index contributed by atoms with van der Waals surface area (Å²) in [5.41, 5.74) is 2.00. The SMILES string of the molecule is Brc1cn2c(CNCC3CCCCO3)cnc2cn1. The van der Waals surface area contributed by atoms with Crippen molar-refractivity contribution in [3.63, 3.8) is 0 Å². The van der Waals surface area contributed by atoms with E-state index < -0.39 is 0 Å². The molecule has 0 spiro atoms. The Morgan fingerprint density at radius 3 is 3.16 bits per heavy atom. The van der Waals surface area contributed by atoms with E-state index in [1.165, 1.54) is 12.8 Å². The van der Waals surface area contributed by atoms with Gasteiger partial charge in [-0.1, -0.05) is 0 Å². The molecule has 0 radical (unpaired) electrons. The van der Waals surface area contributed by atoms with E-state index in [9.17, 15) is 0 Å². The second kappa shape index (κ2) is 5.98. The molecule has 3 heterocycles. The van der Waals surface area contributed by atoms with Crippen molar-refractivity contribution in [1.29, 1.82) is 0 Å². The second-order valence-electron chi connectivity index (χ2n) is 4.81. The largest absolute Gasteiger partial charge is 0.377 e. The summed E-state index contributed by atoms with van der Waals surface area (Å²) in [4.78, 5) is 8.50. The monoisotopic (exact) mass is 324 g/mol. The van der Waals surface area contributed by atoms with Crippen LogP contribution >= 0.6 is 15.9 Å². The summed E-state index contributed by atoms with van der Waals surface area (Å²) in [6.07, 6.45) is 9.59. The van der Waals surface area contributed by atoms with Gasteiger partial charge in [-0.05, 0) is 35.2 Å². The van der Waals surface area contributed by atoms with E-state index in [0.717, 1.165) is 42.1 Å². The third-order valence-corrected chi connectivity index (χ3v) is 3.80. The minimum absolute atomic E-state index is 0.362. The van der Waals surface area contributed by atoms with Crippen molar-refractivity contribution >= 4 is 21.6 Å². The van der Waals surface area contributed by atoms with Gasteiger partial charge >= 0.3 is 0 Å². The molecule has 2 aromatic heterocycles. The topological polar surface area (TPSA) is 51.5 Å². The molecule has 2 aromatic rings. The molecule has 0 aromatic carbocycles. The number of ether oxygens (including phenoxy) is 1. The van der Waals surface area contributed by atoms with Gasteiger partial charge < -0.3 is 10.1 Å². The molecule has 6 heteroatoms. The number of halogens is 1. The average Bonchev–Trinajstić information content (AvgIpc) is 2.83. The fourth-order valence-electron chi connectivity index (χ4n) is 2.38. The van der Waals surface area contributed by atoms with Gasteiger partial charge in [0.25, 0.3) is 0 Å². The zero-order chi connectivity index (χ0) is 13.1. The number of nitrogens with zero attached hydrogens (tertiary/aromatic N) is 3. The number of rotatable bonds is 4.